The molecule has 0 aliphatic carbocycles. The number of benzene rings is 1. The second kappa shape index (κ2) is 8.07. The summed E-state index contributed by atoms with van der Waals surface area (Å²) in [6.45, 7) is -0.257. The molecule has 2 aliphatic rings. The van der Waals surface area contributed by atoms with E-state index in [2.05, 4.69) is 20.0 Å². The Bertz CT molecular complexity index is 1190. The number of halogens is 2. The van der Waals surface area contributed by atoms with E-state index in [1.807, 2.05) is 31.2 Å². The molecule has 4 heterocycles. The van der Waals surface area contributed by atoms with Gasteiger partial charge in [-0.2, -0.15) is 8.78 Å². The number of hydrogen-bond acceptors (Lipinski definition) is 6. The van der Waals surface area contributed by atoms with Crippen molar-refractivity contribution in [2.75, 3.05) is 16.8 Å². The van der Waals surface area contributed by atoms with Gasteiger partial charge in [0.15, 0.2) is 0 Å². The lowest BCUT2D eigenvalue weighted by Gasteiger charge is -2.28. The van der Waals surface area contributed by atoms with Crippen LogP contribution in [-0.4, -0.2) is 29.0 Å². The molecule has 1 fully saturated rings. The maximum absolute atomic E-state index is 12.4. The number of ether oxygens (including phenoxy) is 2. The van der Waals surface area contributed by atoms with Crippen LogP contribution < -0.4 is 19.7 Å². The van der Waals surface area contributed by atoms with Gasteiger partial charge in [-0.25, -0.2) is 4.98 Å². The monoisotopic (exact) mass is 438 g/mol. The summed E-state index contributed by atoms with van der Waals surface area (Å²) in [4.78, 5) is 22.3. The normalized spacial score (nSPS) is 17.1. The van der Waals surface area contributed by atoms with Crippen LogP contribution in [-0.2, 0) is 4.79 Å². The van der Waals surface area contributed by atoms with Crippen LogP contribution >= 0.6 is 0 Å². The Morgan fingerprint density at radius 2 is 2.06 bits per heavy atom. The molecule has 3 aromatic rings. The van der Waals surface area contributed by atoms with Crippen LogP contribution in [0.4, 0.5) is 26.0 Å². The summed E-state index contributed by atoms with van der Waals surface area (Å²) in [5.74, 6) is 1.33. The fourth-order valence-corrected chi connectivity index (χ4v) is 4.08. The lowest BCUT2D eigenvalue weighted by atomic mass is 9.94. The number of amides is 1. The molecule has 164 valence electrons. The Morgan fingerprint density at radius 3 is 2.84 bits per heavy atom. The number of fused-ring (bicyclic) bond motifs is 3. The minimum atomic E-state index is -2.92. The molecule has 1 unspecified atom stereocenters. The number of nitrogens with zero attached hydrogens (tertiary/aromatic N) is 3. The van der Waals surface area contributed by atoms with Crippen molar-refractivity contribution in [1.82, 2.24) is 9.97 Å². The number of carbonyl (C=O) groups excluding carboxylic acids is 1. The van der Waals surface area contributed by atoms with Crippen LogP contribution in [0.5, 0.6) is 11.5 Å². The molecule has 1 atom stereocenters. The lowest BCUT2D eigenvalue weighted by Crippen LogP contribution is -2.24. The standard InChI is InChI=1S/C23H20F2N4O3/c1-13-18-9-21(28-14-7-16(11-26-10-14)32-23(24)25)27-12-19(18)17-5-4-15(8-20(17)31-13)29-6-2-3-22(29)30/h4-5,7-13,23H,2-3,6H2,1H3,(H,27,28). The second-order valence-corrected chi connectivity index (χ2v) is 7.66. The predicted molar refractivity (Wildman–Crippen MR) is 114 cm³/mol. The molecule has 1 N–H and O–H groups in total. The van der Waals surface area contributed by atoms with Crippen molar-refractivity contribution < 1.29 is 23.0 Å². The molecule has 0 spiro atoms. The fraction of sp³-hybridized carbons (Fsp3) is 0.261. The van der Waals surface area contributed by atoms with Crippen LogP contribution in [0.3, 0.4) is 0 Å². The Kier molecular flexibility index (Phi) is 5.08. The van der Waals surface area contributed by atoms with Crippen LogP contribution in [0.15, 0.2) is 48.9 Å². The van der Waals surface area contributed by atoms with E-state index in [0.717, 1.165) is 35.3 Å². The van der Waals surface area contributed by atoms with E-state index in [1.54, 1.807) is 11.1 Å². The van der Waals surface area contributed by atoms with E-state index in [1.165, 1.54) is 18.5 Å². The summed E-state index contributed by atoms with van der Waals surface area (Å²) in [5, 5.41) is 3.07. The number of anilines is 3. The van der Waals surface area contributed by atoms with E-state index >= 15 is 0 Å². The maximum atomic E-state index is 12.4. The highest BCUT2D eigenvalue weighted by atomic mass is 19.3. The van der Waals surface area contributed by atoms with Crippen molar-refractivity contribution in [3.05, 3.63) is 54.5 Å². The average molecular weight is 438 g/mol. The summed E-state index contributed by atoms with van der Waals surface area (Å²) in [6.07, 6.45) is 5.66. The number of carbonyl (C=O) groups is 1. The summed E-state index contributed by atoms with van der Waals surface area (Å²) in [7, 11) is 0. The minimum Gasteiger partial charge on any atom is -0.485 e. The number of rotatable bonds is 5. The maximum Gasteiger partial charge on any atom is 0.387 e. The topological polar surface area (TPSA) is 76.6 Å². The molecule has 2 aromatic heterocycles. The molecular weight excluding hydrogens is 418 g/mol. The van der Waals surface area contributed by atoms with Gasteiger partial charge in [0.2, 0.25) is 5.91 Å². The first-order valence-corrected chi connectivity index (χ1v) is 10.3. The fourth-order valence-electron chi connectivity index (χ4n) is 4.08. The Balaban J connectivity index is 1.42. The Morgan fingerprint density at radius 1 is 1.19 bits per heavy atom. The summed E-state index contributed by atoms with van der Waals surface area (Å²) < 4.78 is 35.4. The molecule has 0 bridgehead atoms. The zero-order valence-corrected chi connectivity index (χ0v) is 17.2. The third kappa shape index (κ3) is 3.81. The largest absolute Gasteiger partial charge is 0.485 e. The number of hydrogen-bond donors (Lipinski definition) is 1. The molecule has 1 aromatic carbocycles. The molecule has 0 saturated carbocycles. The zero-order chi connectivity index (χ0) is 22.2. The van der Waals surface area contributed by atoms with Gasteiger partial charge >= 0.3 is 6.61 Å². The average Bonchev–Trinajstić information content (AvgIpc) is 3.19. The van der Waals surface area contributed by atoms with Crippen molar-refractivity contribution in [2.24, 2.45) is 0 Å². The molecular formula is C23H20F2N4O3. The zero-order valence-electron chi connectivity index (χ0n) is 17.2. The van der Waals surface area contributed by atoms with Gasteiger partial charge in [-0.3, -0.25) is 9.78 Å². The predicted octanol–water partition coefficient (Wildman–Crippen LogP) is 5.07. The van der Waals surface area contributed by atoms with Gasteiger partial charge in [-0.05, 0) is 31.5 Å². The minimum absolute atomic E-state index is 0.0409. The van der Waals surface area contributed by atoms with E-state index < -0.39 is 6.61 Å². The molecule has 5 rings (SSSR count). The van der Waals surface area contributed by atoms with Gasteiger partial charge in [-0.1, -0.05) is 0 Å². The lowest BCUT2D eigenvalue weighted by molar-refractivity contribution is -0.117. The van der Waals surface area contributed by atoms with Crippen molar-refractivity contribution in [3.8, 4) is 22.6 Å². The quantitative estimate of drug-likeness (QED) is 0.600. The first-order valence-electron chi connectivity index (χ1n) is 10.3. The first-order chi connectivity index (χ1) is 15.5. The SMILES string of the molecule is CC1Oc2cc(N3CCCC3=O)ccc2-c2cnc(Nc3cncc(OC(F)F)c3)cc21. The molecule has 32 heavy (non-hydrogen) atoms. The van der Waals surface area contributed by atoms with Gasteiger partial charge in [0, 0.05) is 53.7 Å². The summed E-state index contributed by atoms with van der Waals surface area (Å²) in [6, 6.07) is 9.07. The van der Waals surface area contributed by atoms with E-state index in [4.69, 9.17) is 4.74 Å². The van der Waals surface area contributed by atoms with Crippen LogP contribution in [0, 0.1) is 0 Å². The van der Waals surface area contributed by atoms with Crippen LogP contribution in [0.25, 0.3) is 11.1 Å². The molecule has 0 radical (unpaired) electrons. The van der Waals surface area contributed by atoms with Crippen LogP contribution in [0.1, 0.15) is 31.4 Å². The summed E-state index contributed by atoms with van der Waals surface area (Å²) in [5.41, 5.74) is 4.10. The molecule has 7 nitrogen and oxygen atoms in total. The third-order valence-corrected chi connectivity index (χ3v) is 5.53. The second-order valence-electron chi connectivity index (χ2n) is 7.66. The highest BCUT2D eigenvalue weighted by Gasteiger charge is 2.27. The van der Waals surface area contributed by atoms with E-state index in [9.17, 15) is 13.6 Å². The van der Waals surface area contributed by atoms with E-state index in [-0.39, 0.29) is 17.8 Å². The van der Waals surface area contributed by atoms with Gasteiger partial charge < -0.3 is 19.7 Å². The van der Waals surface area contributed by atoms with E-state index in [0.29, 0.717) is 23.7 Å². The van der Waals surface area contributed by atoms with Gasteiger partial charge in [0.05, 0.1) is 18.1 Å². The van der Waals surface area contributed by atoms with Crippen LogP contribution in [0.2, 0.25) is 0 Å². The molecule has 9 heteroatoms. The number of aromatic nitrogens is 2. The Hall–Kier alpha value is -3.75. The van der Waals surface area contributed by atoms with Gasteiger partial charge in [-0.15, -0.1) is 0 Å². The third-order valence-electron chi connectivity index (χ3n) is 5.53. The first kappa shape index (κ1) is 20.2. The summed E-state index contributed by atoms with van der Waals surface area (Å²) >= 11 is 0. The van der Waals surface area contributed by atoms with Crippen molar-refractivity contribution >= 4 is 23.1 Å². The molecule has 1 amide bonds. The smallest absolute Gasteiger partial charge is 0.387 e. The van der Waals surface area contributed by atoms with Crippen molar-refractivity contribution in [3.63, 3.8) is 0 Å². The highest BCUT2D eigenvalue weighted by molar-refractivity contribution is 5.96. The van der Waals surface area contributed by atoms with Gasteiger partial charge in [0.25, 0.3) is 0 Å². The van der Waals surface area contributed by atoms with Crippen molar-refractivity contribution in [1.29, 1.82) is 0 Å². The highest BCUT2D eigenvalue weighted by Crippen LogP contribution is 2.44. The Labute approximate surface area is 183 Å². The number of nitrogens with one attached hydrogen (secondary N) is 1. The van der Waals surface area contributed by atoms with Crippen molar-refractivity contribution in [2.45, 2.75) is 32.5 Å². The molecule has 2 aliphatic heterocycles. The number of pyridine rings is 2. The van der Waals surface area contributed by atoms with Gasteiger partial charge in [0.1, 0.15) is 23.4 Å². The number of alkyl halides is 2. The molecule has 1 saturated heterocycles.